The van der Waals surface area contributed by atoms with Crippen LogP contribution in [0.25, 0.3) is 10.9 Å². The van der Waals surface area contributed by atoms with Crippen LogP contribution in [0.3, 0.4) is 0 Å². The van der Waals surface area contributed by atoms with Gasteiger partial charge in [-0.05, 0) is 68.8 Å². The summed E-state index contributed by atoms with van der Waals surface area (Å²) in [4.78, 5) is 11.2. The van der Waals surface area contributed by atoms with E-state index >= 15 is 0 Å². The monoisotopic (exact) mass is 691 g/mol. The Balaban J connectivity index is 1.05. The number of rotatable bonds is 12. The van der Waals surface area contributed by atoms with Gasteiger partial charge in [-0.2, -0.15) is 13.2 Å². The highest BCUT2D eigenvalue weighted by atomic mass is 35.5. The predicted octanol–water partition coefficient (Wildman–Crippen LogP) is 8.12. The average Bonchev–Trinajstić information content (AvgIpc) is 3.03. The Kier molecular flexibility index (Phi) is 10.0. The third-order valence-corrected chi connectivity index (χ3v) is 9.13. The quantitative estimate of drug-likeness (QED) is 0.113. The number of benzene rings is 3. The molecule has 1 aromatic heterocycles. The molecule has 0 unspecified atom stereocenters. The zero-order valence-corrected chi connectivity index (χ0v) is 27.1. The summed E-state index contributed by atoms with van der Waals surface area (Å²) >= 11 is 12.2. The number of nitrogens with one attached hydrogen (secondary N) is 2. The lowest BCUT2D eigenvalue weighted by Crippen LogP contribution is -2.51. The summed E-state index contributed by atoms with van der Waals surface area (Å²) in [5.74, 6) is 1.86. The van der Waals surface area contributed by atoms with Crippen molar-refractivity contribution < 1.29 is 32.1 Å². The van der Waals surface area contributed by atoms with Crippen molar-refractivity contribution in [3.05, 3.63) is 70.5 Å². The standard InChI is InChI=1S/C33H34Cl2F3N5O4/c1-44-29-15-23-28(16-30(29)46-12-2-9-43-10-7-32(8-11-43)17-45-18-32)41-20-42-31(23)47-22-4-6-27(26(35)14-22)40-19-39-21-3-5-25(34)24(13-21)33(36,37)38/h3-6,13-16,20,39-40H,2,7-12,17-19H2,1H3. The molecule has 0 amide bonds. The molecule has 3 heterocycles. The number of hydrogen-bond acceptors (Lipinski definition) is 9. The largest absolute Gasteiger partial charge is 0.493 e. The Morgan fingerprint density at radius 3 is 2.47 bits per heavy atom. The molecule has 2 aliphatic rings. The van der Waals surface area contributed by atoms with Gasteiger partial charge in [0, 0.05) is 29.8 Å². The van der Waals surface area contributed by atoms with Gasteiger partial charge in [-0.1, -0.05) is 23.2 Å². The van der Waals surface area contributed by atoms with Crippen LogP contribution >= 0.6 is 23.2 Å². The number of nitrogens with zero attached hydrogens (tertiary/aromatic N) is 3. The van der Waals surface area contributed by atoms with E-state index < -0.39 is 11.7 Å². The zero-order valence-electron chi connectivity index (χ0n) is 25.6. The molecule has 2 fully saturated rings. The number of likely N-dealkylation sites (tertiary alicyclic amines) is 1. The Labute approximate surface area is 280 Å². The average molecular weight is 693 g/mol. The summed E-state index contributed by atoms with van der Waals surface area (Å²) in [7, 11) is 1.58. The summed E-state index contributed by atoms with van der Waals surface area (Å²) in [5, 5.41) is 6.53. The van der Waals surface area contributed by atoms with Crippen molar-refractivity contribution in [2.45, 2.75) is 25.4 Å². The first kappa shape index (κ1) is 33.2. The van der Waals surface area contributed by atoms with Crippen LogP contribution in [0.15, 0.2) is 54.9 Å². The SMILES string of the molecule is COc1cc2c(Oc3ccc(NCNc4ccc(Cl)c(C(F)(F)F)c4)c(Cl)c3)ncnc2cc1OCCCN1CCC2(CC1)COC2. The van der Waals surface area contributed by atoms with E-state index in [1.807, 2.05) is 6.07 Å². The highest BCUT2D eigenvalue weighted by molar-refractivity contribution is 6.33. The smallest absolute Gasteiger partial charge is 0.417 e. The molecule has 14 heteroatoms. The Morgan fingerprint density at radius 2 is 1.77 bits per heavy atom. The van der Waals surface area contributed by atoms with Gasteiger partial charge in [0.1, 0.15) is 12.1 Å². The van der Waals surface area contributed by atoms with Gasteiger partial charge >= 0.3 is 6.18 Å². The number of halogens is 5. The first-order valence-electron chi connectivity index (χ1n) is 15.2. The molecule has 9 nitrogen and oxygen atoms in total. The van der Waals surface area contributed by atoms with E-state index in [2.05, 4.69) is 25.5 Å². The maximum absolute atomic E-state index is 13.2. The van der Waals surface area contributed by atoms with Gasteiger partial charge in [0.05, 0.1) is 65.8 Å². The molecule has 2 aliphatic heterocycles. The minimum atomic E-state index is -4.56. The second-order valence-electron chi connectivity index (χ2n) is 11.7. The molecule has 0 atom stereocenters. The maximum atomic E-state index is 13.2. The van der Waals surface area contributed by atoms with Crippen molar-refractivity contribution in [1.29, 1.82) is 0 Å². The normalized spacial score (nSPS) is 16.1. The maximum Gasteiger partial charge on any atom is 0.417 e. The number of aromatic nitrogens is 2. The molecule has 0 saturated carbocycles. The molecule has 0 radical (unpaired) electrons. The van der Waals surface area contributed by atoms with Crippen molar-refractivity contribution in [2.75, 3.05) is 63.9 Å². The van der Waals surface area contributed by atoms with Crippen molar-refractivity contribution in [2.24, 2.45) is 5.41 Å². The fourth-order valence-electron chi connectivity index (χ4n) is 5.70. The van der Waals surface area contributed by atoms with Gasteiger partial charge in [-0.15, -0.1) is 0 Å². The van der Waals surface area contributed by atoms with E-state index in [1.165, 1.54) is 31.3 Å². The van der Waals surface area contributed by atoms with Crippen LogP contribution in [0.4, 0.5) is 24.5 Å². The van der Waals surface area contributed by atoms with E-state index in [0.29, 0.717) is 56.8 Å². The van der Waals surface area contributed by atoms with Crippen molar-refractivity contribution in [3.63, 3.8) is 0 Å². The summed E-state index contributed by atoms with van der Waals surface area (Å²) in [5.41, 5.74) is 0.937. The minimum Gasteiger partial charge on any atom is -0.493 e. The number of methoxy groups -OCH3 is 1. The van der Waals surface area contributed by atoms with Gasteiger partial charge < -0.3 is 34.5 Å². The van der Waals surface area contributed by atoms with Crippen molar-refractivity contribution in [3.8, 4) is 23.1 Å². The van der Waals surface area contributed by atoms with Gasteiger partial charge in [0.2, 0.25) is 5.88 Å². The number of piperidine rings is 1. The highest BCUT2D eigenvalue weighted by Gasteiger charge is 2.40. The second kappa shape index (κ2) is 14.2. The lowest BCUT2D eigenvalue weighted by molar-refractivity contribution is -0.139. The molecule has 2 saturated heterocycles. The van der Waals surface area contributed by atoms with Gasteiger partial charge in [-0.25, -0.2) is 9.97 Å². The molecule has 6 rings (SSSR count). The van der Waals surface area contributed by atoms with Crippen LogP contribution in [0.1, 0.15) is 24.8 Å². The highest BCUT2D eigenvalue weighted by Crippen LogP contribution is 2.40. The Morgan fingerprint density at radius 1 is 0.957 bits per heavy atom. The predicted molar refractivity (Wildman–Crippen MR) is 175 cm³/mol. The van der Waals surface area contributed by atoms with Crippen LogP contribution in [-0.4, -0.2) is 68.1 Å². The van der Waals surface area contributed by atoms with Crippen LogP contribution in [-0.2, 0) is 10.9 Å². The van der Waals surface area contributed by atoms with Crippen LogP contribution < -0.4 is 24.8 Å². The van der Waals surface area contributed by atoms with E-state index in [1.54, 1.807) is 31.4 Å². The van der Waals surface area contributed by atoms with Crippen LogP contribution in [0.5, 0.6) is 23.1 Å². The Bertz CT molecular complexity index is 1710. The topological polar surface area (TPSA) is 90.0 Å². The molecular formula is C33H34Cl2F3N5O4. The third kappa shape index (κ3) is 7.89. The van der Waals surface area contributed by atoms with Crippen molar-refractivity contribution >= 4 is 45.5 Å². The fraction of sp³-hybridized carbons (Fsp3) is 0.394. The summed E-state index contributed by atoms with van der Waals surface area (Å²) in [6.07, 6.45) is 0.146. The molecule has 0 bridgehead atoms. The molecule has 3 aromatic carbocycles. The van der Waals surface area contributed by atoms with E-state index in [4.69, 9.17) is 42.1 Å². The number of anilines is 2. The summed E-state index contributed by atoms with van der Waals surface area (Å²) in [6, 6.07) is 12.2. The molecule has 0 aliphatic carbocycles. The molecule has 4 aromatic rings. The summed E-state index contributed by atoms with van der Waals surface area (Å²) in [6.45, 7) is 5.65. The van der Waals surface area contributed by atoms with Crippen LogP contribution in [0.2, 0.25) is 10.0 Å². The first-order valence-corrected chi connectivity index (χ1v) is 16.0. The fourth-order valence-corrected chi connectivity index (χ4v) is 6.17. The molecule has 250 valence electrons. The van der Waals surface area contributed by atoms with Crippen LogP contribution in [0, 0.1) is 5.41 Å². The van der Waals surface area contributed by atoms with E-state index in [-0.39, 0.29) is 17.4 Å². The molecule has 47 heavy (non-hydrogen) atoms. The van der Waals surface area contributed by atoms with Gasteiger partial charge in [0.15, 0.2) is 11.5 Å². The molecular weight excluding hydrogens is 658 g/mol. The molecule has 2 N–H and O–H groups in total. The van der Waals surface area contributed by atoms with E-state index in [0.717, 1.165) is 45.3 Å². The number of ether oxygens (including phenoxy) is 4. The van der Waals surface area contributed by atoms with Gasteiger partial charge in [0.25, 0.3) is 0 Å². The zero-order chi connectivity index (χ0) is 33.0. The number of hydrogen-bond donors (Lipinski definition) is 2. The van der Waals surface area contributed by atoms with Gasteiger partial charge in [-0.3, -0.25) is 0 Å². The van der Waals surface area contributed by atoms with Crippen molar-refractivity contribution in [1.82, 2.24) is 14.9 Å². The Hall–Kier alpha value is -3.71. The van der Waals surface area contributed by atoms with E-state index in [9.17, 15) is 13.2 Å². The minimum absolute atomic E-state index is 0.105. The lowest BCUT2D eigenvalue weighted by Gasteiger charge is -2.47. The number of fused-ring (bicyclic) bond motifs is 1. The molecule has 1 spiro atoms. The third-order valence-electron chi connectivity index (χ3n) is 8.49. The second-order valence-corrected chi connectivity index (χ2v) is 12.5. The number of alkyl halides is 3. The lowest BCUT2D eigenvalue weighted by atomic mass is 9.77. The first-order chi connectivity index (χ1) is 22.6. The summed E-state index contributed by atoms with van der Waals surface area (Å²) < 4.78 is 62.7.